The molecule has 0 aromatic heterocycles. The average molecular weight is 374 g/mol. The topological polar surface area (TPSA) is 105 Å². The Balaban J connectivity index is 1.50. The number of amides is 2. The third kappa shape index (κ3) is 4.99. The minimum absolute atomic E-state index is 0.252. The van der Waals surface area contributed by atoms with Gasteiger partial charge in [-0.25, -0.2) is 0 Å². The van der Waals surface area contributed by atoms with E-state index in [1.165, 1.54) is 12.8 Å². The van der Waals surface area contributed by atoms with Gasteiger partial charge in [-0.15, -0.1) is 0 Å². The first-order valence-electron chi connectivity index (χ1n) is 9.64. The molecule has 2 aliphatic rings. The van der Waals surface area contributed by atoms with Gasteiger partial charge in [0, 0.05) is 5.56 Å². The lowest BCUT2D eigenvalue weighted by molar-refractivity contribution is -0.149. The van der Waals surface area contributed by atoms with Crippen LogP contribution in [0.3, 0.4) is 0 Å². The van der Waals surface area contributed by atoms with Crippen molar-refractivity contribution in [1.82, 2.24) is 10.9 Å². The molecule has 0 spiro atoms. The summed E-state index contributed by atoms with van der Waals surface area (Å²) >= 11 is 0. The molecule has 7 nitrogen and oxygen atoms in total. The highest BCUT2D eigenvalue weighted by molar-refractivity contribution is 5.96. The highest BCUT2D eigenvalue weighted by Gasteiger charge is 2.35. The highest BCUT2D eigenvalue weighted by atomic mass is 16.5. The van der Waals surface area contributed by atoms with Gasteiger partial charge in [0.25, 0.3) is 5.91 Å². The van der Waals surface area contributed by atoms with Crippen LogP contribution in [0.25, 0.3) is 0 Å². The second kappa shape index (κ2) is 8.88. The third-order valence-electron chi connectivity index (χ3n) is 5.44. The first-order valence-corrected chi connectivity index (χ1v) is 9.64. The Morgan fingerprint density at radius 1 is 0.852 bits per heavy atom. The van der Waals surface area contributed by atoms with Gasteiger partial charge < -0.3 is 9.84 Å². The molecule has 27 heavy (non-hydrogen) atoms. The Morgan fingerprint density at radius 3 is 2.07 bits per heavy atom. The standard InChI is InChI=1S/C20H26N2O5/c23-18(13-9-11-15(12-10-13)27-14-5-1-2-6-14)21-22-19(24)16-7-3-4-8-17(16)20(25)26/h9-12,14,16-17H,1-8H2,(H,21,23)(H,22,24)(H,25,26)/t16-,17+/m0/s1. The van der Waals surface area contributed by atoms with E-state index in [1.54, 1.807) is 24.3 Å². The molecular formula is C20H26N2O5. The lowest BCUT2D eigenvalue weighted by Gasteiger charge is -2.27. The molecule has 2 aliphatic carbocycles. The molecule has 2 atom stereocenters. The molecule has 2 saturated carbocycles. The van der Waals surface area contributed by atoms with Gasteiger partial charge >= 0.3 is 5.97 Å². The van der Waals surface area contributed by atoms with Gasteiger partial charge in [0.15, 0.2) is 0 Å². The van der Waals surface area contributed by atoms with E-state index in [-0.39, 0.29) is 6.10 Å². The van der Waals surface area contributed by atoms with Crippen molar-refractivity contribution in [3.63, 3.8) is 0 Å². The van der Waals surface area contributed by atoms with Crippen LogP contribution in [0.15, 0.2) is 24.3 Å². The monoisotopic (exact) mass is 374 g/mol. The second-order valence-electron chi connectivity index (χ2n) is 7.33. The molecule has 146 valence electrons. The second-order valence-corrected chi connectivity index (χ2v) is 7.33. The molecule has 2 fully saturated rings. The number of benzene rings is 1. The number of rotatable bonds is 5. The molecule has 1 aromatic rings. The summed E-state index contributed by atoms with van der Waals surface area (Å²) in [5.74, 6) is -2.43. The number of hydrazine groups is 1. The van der Waals surface area contributed by atoms with Crippen LogP contribution in [0.2, 0.25) is 0 Å². The molecule has 2 amide bonds. The van der Waals surface area contributed by atoms with Crippen molar-refractivity contribution in [3.8, 4) is 5.75 Å². The maximum absolute atomic E-state index is 12.3. The summed E-state index contributed by atoms with van der Waals surface area (Å²) in [7, 11) is 0. The van der Waals surface area contributed by atoms with Crippen LogP contribution in [0.1, 0.15) is 61.7 Å². The van der Waals surface area contributed by atoms with E-state index in [0.717, 1.165) is 31.4 Å². The zero-order valence-electron chi connectivity index (χ0n) is 15.3. The van der Waals surface area contributed by atoms with E-state index in [2.05, 4.69) is 10.9 Å². The van der Waals surface area contributed by atoms with Gasteiger partial charge in [0.2, 0.25) is 5.91 Å². The van der Waals surface area contributed by atoms with E-state index in [4.69, 9.17) is 4.74 Å². The Bertz CT molecular complexity index is 682. The van der Waals surface area contributed by atoms with Crippen LogP contribution in [0.5, 0.6) is 5.75 Å². The van der Waals surface area contributed by atoms with Crippen molar-refractivity contribution < 1.29 is 24.2 Å². The smallest absolute Gasteiger partial charge is 0.307 e. The van der Waals surface area contributed by atoms with E-state index < -0.39 is 29.6 Å². The fraction of sp³-hybridized carbons (Fsp3) is 0.550. The zero-order valence-corrected chi connectivity index (χ0v) is 15.3. The molecular weight excluding hydrogens is 348 g/mol. The molecule has 0 saturated heterocycles. The number of aliphatic carboxylic acids is 1. The predicted octanol–water partition coefficient (Wildman–Crippen LogP) is 2.66. The Labute approximate surface area is 158 Å². The van der Waals surface area contributed by atoms with Crippen LogP contribution >= 0.6 is 0 Å². The number of hydrogen-bond donors (Lipinski definition) is 3. The van der Waals surface area contributed by atoms with E-state index in [0.29, 0.717) is 18.4 Å². The minimum Gasteiger partial charge on any atom is -0.490 e. The fourth-order valence-corrected chi connectivity index (χ4v) is 3.91. The van der Waals surface area contributed by atoms with Crippen LogP contribution < -0.4 is 15.6 Å². The SMILES string of the molecule is O=C(NNC(=O)[C@H]1CCCC[C@H]1C(=O)O)c1ccc(OC2CCCC2)cc1. The predicted molar refractivity (Wildman–Crippen MR) is 98.0 cm³/mol. The van der Waals surface area contributed by atoms with Gasteiger partial charge in [-0.2, -0.15) is 0 Å². The molecule has 3 rings (SSSR count). The number of carbonyl (C=O) groups excluding carboxylic acids is 2. The van der Waals surface area contributed by atoms with Crippen LogP contribution in [0.4, 0.5) is 0 Å². The Kier molecular flexibility index (Phi) is 6.32. The van der Waals surface area contributed by atoms with Crippen molar-refractivity contribution >= 4 is 17.8 Å². The molecule has 0 unspecified atom stereocenters. The zero-order chi connectivity index (χ0) is 19.2. The first kappa shape index (κ1) is 19.2. The van der Waals surface area contributed by atoms with Crippen LogP contribution in [-0.4, -0.2) is 29.0 Å². The van der Waals surface area contributed by atoms with Crippen molar-refractivity contribution in [2.24, 2.45) is 11.8 Å². The molecule has 0 bridgehead atoms. The molecule has 1 aromatic carbocycles. The van der Waals surface area contributed by atoms with Crippen LogP contribution in [0, 0.1) is 11.8 Å². The maximum Gasteiger partial charge on any atom is 0.307 e. The summed E-state index contributed by atoms with van der Waals surface area (Å²) in [5, 5.41) is 9.26. The summed E-state index contributed by atoms with van der Waals surface area (Å²) in [6.07, 6.45) is 7.39. The lowest BCUT2D eigenvalue weighted by Crippen LogP contribution is -2.47. The number of hydrogen-bond acceptors (Lipinski definition) is 4. The van der Waals surface area contributed by atoms with E-state index >= 15 is 0 Å². The first-order chi connectivity index (χ1) is 13.0. The molecule has 0 radical (unpaired) electrons. The number of carbonyl (C=O) groups is 3. The number of carboxylic acid groups (broad SMARTS) is 1. The third-order valence-corrected chi connectivity index (χ3v) is 5.44. The lowest BCUT2D eigenvalue weighted by atomic mass is 9.79. The highest BCUT2D eigenvalue weighted by Crippen LogP contribution is 2.30. The summed E-state index contributed by atoms with van der Waals surface area (Å²) in [6.45, 7) is 0. The Hall–Kier alpha value is -2.57. The van der Waals surface area contributed by atoms with Crippen molar-refractivity contribution in [2.75, 3.05) is 0 Å². The van der Waals surface area contributed by atoms with Gasteiger partial charge in [-0.05, 0) is 62.8 Å². The largest absolute Gasteiger partial charge is 0.490 e. The molecule has 0 heterocycles. The van der Waals surface area contributed by atoms with Gasteiger partial charge in [0.05, 0.1) is 17.9 Å². The Morgan fingerprint density at radius 2 is 1.44 bits per heavy atom. The fourth-order valence-electron chi connectivity index (χ4n) is 3.91. The maximum atomic E-state index is 12.3. The molecule has 0 aliphatic heterocycles. The number of ether oxygens (including phenoxy) is 1. The number of nitrogens with one attached hydrogen (secondary N) is 2. The minimum atomic E-state index is -0.959. The van der Waals surface area contributed by atoms with Crippen molar-refractivity contribution in [1.29, 1.82) is 0 Å². The van der Waals surface area contributed by atoms with E-state index in [9.17, 15) is 19.5 Å². The van der Waals surface area contributed by atoms with Crippen molar-refractivity contribution in [2.45, 2.75) is 57.5 Å². The summed E-state index contributed by atoms with van der Waals surface area (Å²) in [6, 6.07) is 6.78. The summed E-state index contributed by atoms with van der Waals surface area (Å²) in [5.41, 5.74) is 5.15. The molecule has 7 heteroatoms. The summed E-state index contributed by atoms with van der Waals surface area (Å²) < 4.78 is 5.86. The normalized spacial score (nSPS) is 22.8. The summed E-state index contributed by atoms with van der Waals surface area (Å²) in [4.78, 5) is 35.8. The van der Waals surface area contributed by atoms with E-state index in [1.807, 2.05) is 0 Å². The average Bonchev–Trinajstić information content (AvgIpc) is 3.19. The van der Waals surface area contributed by atoms with Gasteiger partial charge in [-0.3, -0.25) is 25.2 Å². The van der Waals surface area contributed by atoms with Gasteiger partial charge in [-0.1, -0.05) is 12.8 Å². The quantitative estimate of drug-likeness (QED) is 0.687. The van der Waals surface area contributed by atoms with Crippen LogP contribution in [-0.2, 0) is 9.59 Å². The molecule has 3 N–H and O–H groups in total. The van der Waals surface area contributed by atoms with Crippen molar-refractivity contribution in [3.05, 3.63) is 29.8 Å². The number of carboxylic acids is 1. The van der Waals surface area contributed by atoms with Gasteiger partial charge in [0.1, 0.15) is 5.75 Å².